The van der Waals surface area contributed by atoms with E-state index in [9.17, 15) is 0 Å². The monoisotopic (exact) mass is 298 g/mol. The Kier molecular flexibility index (Phi) is 5.84. The number of para-hydroxylation sites is 1. The molecule has 2 aromatic rings. The van der Waals surface area contributed by atoms with Crippen LogP contribution in [0.2, 0.25) is 0 Å². The molecule has 0 fully saturated rings. The molecule has 0 aliphatic carbocycles. The van der Waals surface area contributed by atoms with E-state index in [4.69, 9.17) is 10.5 Å². The van der Waals surface area contributed by atoms with Gasteiger partial charge in [-0.15, -0.1) is 0 Å². The number of nitrogens with zero attached hydrogens (tertiary/aromatic N) is 1. The van der Waals surface area contributed by atoms with E-state index >= 15 is 0 Å². The van der Waals surface area contributed by atoms with Crippen molar-refractivity contribution in [2.45, 2.75) is 19.3 Å². The topological polar surface area (TPSA) is 38.5 Å². The summed E-state index contributed by atoms with van der Waals surface area (Å²) in [5.74, 6) is 1.28. The molecule has 0 aliphatic rings. The van der Waals surface area contributed by atoms with Gasteiger partial charge in [0.15, 0.2) is 0 Å². The van der Waals surface area contributed by atoms with E-state index in [1.165, 1.54) is 16.8 Å². The van der Waals surface area contributed by atoms with Gasteiger partial charge < -0.3 is 15.4 Å². The first kappa shape index (κ1) is 16.4. The van der Waals surface area contributed by atoms with Gasteiger partial charge in [0.25, 0.3) is 0 Å². The molecule has 2 rings (SSSR count). The molecule has 0 amide bonds. The van der Waals surface area contributed by atoms with Crippen LogP contribution in [-0.4, -0.2) is 27.2 Å². The van der Waals surface area contributed by atoms with Crippen molar-refractivity contribution < 1.29 is 4.74 Å². The van der Waals surface area contributed by atoms with Crippen LogP contribution in [0.5, 0.6) is 5.75 Å². The van der Waals surface area contributed by atoms with Crippen LogP contribution in [-0.2, 0) is 0 Å². The van der Waals surface area contributed by atoms with Gasteiger partial charge in [-0.05, 0) is 55.1 Å². The predicted molar refractivity (Wildman–Crippen MR) is 93.9 cm³/mol. The molecular formula is C19H26N2O. The van der Waals surface area contributed by atoms with Crippen LogP contribution in [0.4, 0.5) is 5.69 Å². The summed E-state index contributed by atoms with van der Waals surface area (Å²) >= 11 is 0. The first-order chi connectivity index (χ1) is 10.6. The minimum Gasteiger partial charge on any atom is -0.493 e. The lowest BCUT2D eigenvalue weighted by Gasteiger charge is -2.19. The van der Waals surface area contributed by atoms with Crippen molar-refractivity contribution in [1.82, 2.24) is 0 Å². The molecule has 0 spiro atoms. The summed E-state index contributed by atoms with van der Waals surface area (Å²) in [6.45, 7) is 3.38. The fourth-order valence-corrected chi connectivity index (χ4v) is 2.51. The predicted octanol–water partition coefficient (Wildman–Crippen LogP) is 3.57. The van der Waals surface area contributed by atoms with Gasteiger partial charge in [-0.3, -0.25) is 0 Å². The quantitative estimate of drug-likeness (QED) is 0.849. The molecule has 0 radical (unpaired) electrons. The van der Waals surface area contributed by atoms with Crippen LogP contribution in [0.1, 0.15) is 23.5 Å². The molecule has 0 saturated carbocycles. The summed E-state index contributed by atoms with van der Waals surface area (Å²) in [6, 6.07) is 16.7. The molecule has 1 atom stereocenters. The Labute approximate surface area is 133 Å². The van der Waals surface area contributed by atoms with E-state index in [2.05, 4.69) is 56.3 Å². The summed E-state index contributed by atoms with van der Waals surface area (Å²) in [5, 5.41) is 0. The fourth-order valence-electron chi connectivity index (χ4n) is 2.51. The molecule has 0 saturated heterocycles. The molecule has 0 aromatic heterocycles. The van der Waals surface area contributed by atoms with Crippen molar-refractivity contribution in [3.05, 3.63) is 59.7 Å². The summed E-state index contributed by atoms with van der Waals surface area (Å²) < 4.78 is 5.90. The highest BCUT2D eigenvalue weighted by Gasteiger charge is 2.11. The van der Waals surface area contributed by atoms with Crippen molar-refractivity contribution in [2.24, 2.45) is 5.73 Å². The molecule has 0 bridgehead atoms. The molecular weight excluding hydrogens is 272 g/mol. The Morgan fingerprint density at radius 1 is 1.09 bits per heavy atom. The average Bonchev–Trinajstić information content (AvgIpc) is 2.53. The second kappa shape index (κ2) is 7.85. The number of aryl methyl sites for hydroxylation is 1. The van der Waals surface area contributed by atoms with Crippen molar-refractivity contribution >= 4 is 5.69 Å². The van der Waals surface area contributed by atoms with E-state index in [0.29, 0.717) is 19.1 Å². The Balaban J connectivity index is 1.98. The zero-order valence-electron chi connectivity index (χ0n) is 13.8. The molecule has 118 valence electrons. The minimum atomic E-state index is 0.323. The lowest BCUT2D eigenvalue weighted by Crippen LogP contribution is -2.16. The summed E-state index contributed by atoms with van der Waals surface area (Å²) in [6.07, 6.45) is 0.918. The van der Waals surface area contributed by atoms with Crippen LogP contribution in [0, 0.1) is 6.92 Å². The highest BCUT2D eigenvalue weighted by molar-refractivity contribution is 5.48. The summed E-state index contributed by atoms with van der Waals surface area (Å²) in [7, 11) is 4.11. The van der Waals surface area contributed by atoms with Gasteiger partial charge in [-0.25, -0.2) is 0 Å². The first-order valence-electron chi connectivity index (χ1n) is 7.77. The van der Waals surface area contributed by atoms with Crippen molar-refractivity contribution in [2.75, 3.05) is 32.1 Å². The van der Waals surface area contributed by atoms with Gasteiger partial charge in [0.05, 0.1) is 6.61 Å². The normalized spacial score (nSPS) is 12.0. The largest absolute Gasteiger partial charge is 0.493 e. The number of hydrogen-bond donors (Lipinski definition) is 1. The number of anilines is 1. The first-order valence-corrected chi connectivity index (χ1v) is 7.77. The van der Waals surface area contributed by atoms with E-state index in [-0.39, 0.29) is 0 Å². The Morgan fingerprint density at radius 2 is 1.86 bits per heavy atom. The van der Waals surface area contributed by atoms with Crippen molar-refractivity contribution in [3.63, 3.8) is 0 Å². The molecule has 1 unspecified atom stereocenters. The maximum Gasteiger partial charge on any atom is 0.122 e. The molecule has 3 nitrogen and oxygen atoms in total. The third-order valence-electron chi connectivity index (χ3n) is 3.96. The number of rotatable bonds is 7. The van der Waals surface area contributed by atoms with E-state index in [0.717, 1.165) is 12.2 Å². The lowest BCUT2D eigenvalue weighted by atomic mass is 9.95. The maximum absolute atomic E-state index is 5.97. The zero-order valence-corrected chi connectivity index (χ0v) is 13.8. The maximum atomic E-state index is 5.97. The standard InChI is InChI=1S/C19H26N2O/c1-15-7-4-5-10-19(15)22-12-11-17(14-20)16-8-6-9-18(13-16)21(2)3/h4-10,13,17H,11-12,14,20H2,1-3H3. The SMILES string of the molecule is Cc1ccccc1OCCC(CN)c1cccc(N(C)C)c1. The molecule has 22 heavy (non-hydrogen) atoms. The zero-order chi connectivity index (χ0) is 15.9. The van der Waals surface area contributed by atoms with Gasteiger partial charge in [0, 0.05) is 19.8 Å². The smallest absolute Gasteiger partial charge is 0.122 e. The minimum absolute atomic E-state index is 0.323. The Morgan fingerprint density at radius 3 is 2.55 bits per heavy atom. The van der Waals surface area contributed by atoms with E-state index < -0.39 is 0 Å². The van der Waals surface area contributed by atoms with Crippen LogP contribution < -0.4 is 15.4 Å². The summed E-state index contributed by atoms with van der Waals surface area (Å²) in [5.41, 5.74) is 9.62. The second-order valence-corrected chi connectivity index (χ2v) is 5.82. The third-order valence-corrected chi connectivity index (χ3v) is 3.96. The number of hydrogen-bond acceptors (Lipinski definition) is 3. The van der Waals surface area contributed by atoms with Gasteiger partial charge in [-0.2, -0.15) is 0 Å². The van der Waals surface area contributed by atoms with Gasteiger partial charge in [0.1, 0.15) is 5.75 Å². The Bertz CT molecular complexity index is 595. The van der Waals surface area contributed by atoms with Crippen molar-refractivity contribution in [1.29, 1.82) is 0 Å². The number of benzene rings is 2. The van der Waals surface area contributed by atoms with Gasteiger partial charge >= 0.3 is 0 Å². The molecule has 0 heterocycles. The van der Waals surface area contributed by atoms with Crippen LogP contribution in [0.15, 0.2) is 48.5 Å². The number of ether oxygens (including phenoxy) is 1. The number of nitrogens with two attached hydrogens (primary N) is 1. The molecule has 3 heteroatoms. The van der Waals surface area contributed by atoms with Crippen LogP contribution in [0.3, 0.4) is 0 Å². The van der Waals surface area contributed by atoms with Crippen LogP contribution in [0.25, 0.3) is 0 Å². The fraction of sp³-hybridized carbons (Fsp3) is 0.368. The second-order valence-electron chi connectivity index (χ2n) is 5.82. The average molecular weight is 298 g/mol. The van der Waals surface area contributed by atoms with Crippen molar-refractivity contribution in [3.8, 4) is 5.75 Å². The van der Waals surface area contributed by atoms with E-state index in [1.54, 1.807) is 0 Å². The lowest BCUT2D eigenvalue weighted by molar-refractivity contribution is 0.296. The van der Waals surface area contributed by atoms with E-state index in [1.807, 2.05) is 18.2 Å². The molecule has 2 N–H and O–H groups in total. The highest BCUT2D eigenvalue weighted by Crippen LogP contribution is 2.24. The van der Waals surface area contributed by atoms with Gasteiger partial charge in [0.2, 0.25) is 0 Å². The summed E-state index contributed by atoms with van der Waals surface area (Å²) in [4.78, 5) is 2.11. The molecule has 0 aliphatic heterocycles. The van der Waals surface area contributed by atoms with Crippen LogP contribution >= 0.6 is 0 Å². The Hall–Kier alpha value is -2.00. The molecule has 2 aromatic carbocycles. The third kappa shape index (κ3) is 4.25. The van der Waals surface area contributed by atoms with Gasteiger partial charge in [-0.1, -0.05) is 30.3 Å². The highest BCUT2D eigenvalue weighted by atomic mass is 16.5.